The fourth-order valence-electron chi connectivity index (χ4n) is 2.67. The minimum atomic E-state index is -0.0283. The van der Waals surface area contributed by atoms with Gasteiger partial charge in [-0.15, -0.1) is 0 Å². The first-order chi connectivity index (χ1) is 7.61. The Kier molecular flexibility index (Phi) is 3.03. The van der Waals surface area contributed by atoms with Gasteiger partial charge in [-0.3, -0.25) is 4.79 Å². The predicted molar refractivity (Wildman–Crippen MR) is 66.7 cm³/mol. The summed E-state index contributed by atoms with van der Waals surface area (Å²) in [5, 5.41) is 0. The zero-order valence-corrected chi connectivity index (χ0v) is 10.1. The fraction of sp³-hybridized carbons (Fsp3) is 0.615. The molecular formula is C13H20N2O. The minimum absolute atomic E-state index is 0.0283. The molecule has 1 saturated carbocycles. The van der Waals surface area contributed by atoms with Crippen LogP contribution in [0.15, 0.2) is 16.9 Å². The van der Waals surface area contributed by atoms with E-state index < -0.39 is 0 Å². The Morgan fingerprint density at radius 1 is 1.31 bits per heavy atom. The molecule has 1 fully saturated rings. The van der Waals surface area contributed by atoms with Gasteiger partial charge < -0.3 is 10.3 Å². The maximum Gasteiger partial charge on any atom is 0.274 e. The van der Waals surface area contributed by atoms with Gasteiger partial charge in [0, 0.05) is 11.7 Å². The number of nitrogen functional groups attached to an aromatic ring is 1. The van der Waals surface area contributed by atoms with E-state index in [2.05, 4.69) is 0 Å². The van der Waals surface area contributed by atoms with Gasteiger partial charge in [0.15, 0.2) is 0 Å². The zero-order chi connectivity index (χ0) is 11.7. The molecule has 1 aromatic rings. The molecule has 1 aliphatic carbocycles. The average Bonchev–Trinajstić information content (AvgIpc) is 2.74. The van der Waals surface area contributed by atoms with Crippen LogP contribution in [-0.2, 0) is 0 Å². The van der Waals surface area contributed by atoms with E-state index in [1.54, 1.807) is 6.07 Å². The second-order valence-electron chi connectivity index (χ2n) is 4.96. The highest BCUT2D eigenvalue weighted by atomic mass is 16.1. The van der Waals surface area contributed by atoms with Crippen LogP contribution in [-0.4, -0.2) is 4.57 Å². The molecule has 1 heterocycles. The highest BCUT2D eigenvalue weighted by molar-refractivity contribution is 5.37. The molecule has 2 rings (SSSR count). The Balaban J connectivity index is 2.51. The van der Waals surface area contributed by atoms with Crippen molar-refractivity contribution in [2.45, 2.75) is 51.5 Å². The number of nitrogens with zero attached hydrogens (tertiary/aromatic N) is 1. The van der Waals surface area contributed by atoms with Crippen LogP contribution in [0.4, 0.5) is 5.69 Å². The van der Waals surface area contributed by atoms with Crippen LogP contribution in [0.3, 0.4) is 0 Å². The van der Waals surface area contributed by atoms with E-state index in [1.165, 1.54) is 31.4 Å². The van der Waals surface area contributed by atoms with Gasteiger partial charge in [-0.05, 0) is 44.7 Å². The van der Waals surface area contributed by atoms with Gasteiger partial charge in [-0.1, -0.05) is 12.8 Å². The van der Waals surface area contributed by atoms with Gasteiger partial charge in [0.1, 0.15) is 0 Å². The first-order valence-electron chi connectivity index (χ1n) is 6.12. The summed E-state index contributed by atoms with van der Waals surface area (Å²) in [4.78, 5) is 12.0. The quantitative estimate of drug-likeness (QED) is 0.833. The minimum Gasteiger partial charge on any atom is -0.394 e. The highest BCUT2D eigenvalue weighted by Crippen LogP contribution is 2.34. The highest BCUT2D eigenvalue weighted by Gasteiger charge is 2.22. The topological polar surface area (TPSA) is 48.0 Å². The van der Waals surface area contributed by atoms with Gasteiger partial charge >= 0.3 is 0 Å². The third-order valence-corrected chi connectivity index (χ3v) is 3.47. The lowest BCUT2D eigenvalue weighted by Crippen LogP contribution is -2.28. The SMILES string of the molecule is CC(C)n1c(C2CCCC2)ccc(N)c1=O. The molecule has 0 atom stereocenters. The molecule has 0 aromatic carbocycles. The summed E-state index contributed by atoms with van der Waals surface area (Å²) in [6, 6.07) is 3.98. The summed E-state index contributed by atoms with van der Waals surface area (Å²) in [7, 11) is 0. The molecule has 0 unspecified atom stereocenters. The third kappa shape index (κ3) is 1.86. The number of hydrogen-bond acceptors (Lipinski definition) is 2. The number of pyridine rings is 1. The average molecular weight is 220 g/mol. The van der Waals surface area contributed by atoms with Crippen molar-refractivity contribution in [2.75, 3.05) is 5.73 Å². The summed E-state index contributed by atoms with van der Waals surface area (Å²) in [5.41, 5.74) is 7.19. The van der Waals surface area contributed by atoms with E-state index in [9.17, 15) is 4.79 Å². The molecule has 0 amide bonds. The van der Waals surface area contributed by atoms with E-state index >= 15 is 0 Å². The van der Waals surface area contributed by atoms with Crippen molar-refractivity contribution in [3.8, 4) is 0 Å². The van der Waals surface area contributed by atoms with Crippen LogP contribution in [0.25, 0.3) is 0 Å². The molecular weight excluding hydrogens is 200 g/mol. The molecule has 16 heavy (non-hydrogen) atoms. The summed E-state index contributed by atoms with van der Waals surface area (Å²) in [5.74, 6) is 0.552. The van der Waals surface area contributed by atoms with Crippen LogP contribution in [0.5, 0.6) is 0 Å². The van der Waals surface area contributed by atoms with Gasteiger partial charge in [-0.2, -0.15) is 0 Å². The smallest absolute Gasteiger partial charge is 0.274 e. The van der Waals surface area contributed by atoms with Crippen LogP contribution in [0.1, 0.15) is 57.2 Å². The van der Waals surface area contributed by atoms with E-state index in [0.717, 1.165) is 0 Å². The molecule has 3 nitrogen and oxygen atoms in total. The molecule has 0 aliphatic heterocycles. The molecule has 0 bridgehead atoms. The van der Waals surface area contributed by atoms with E-state index in [4.69, 9.17) is 5.73 Å². The number of aromatic nitrogens is 1. The zero-order valence-electron chi connectivity index (χ0n) is 10.1. The second kappa shape index (κ2) is 4.32. The molecule has 0 radical (unpaired) electrons. The maximum absolute atomic E-state index is 12.0. The van der Waals surface area contributed by atoms with Gasteiger partial charge in [0.2, 0.25) is 0 Å². The van der Waals surface area contributed by atoms with Crippen LogP contribution in [0.2, 0.25) is 0 Å². The molecule has 0 saturated heterocycles. The van der Waals surface area contributed by atoms with Gasteiger partial charge in [-0.25, -0.2) is 0 Å². The Bertz CT molecular complexity index is 428. The summed E-state index contributed by atoms with van der Waals surface area (Å²) < 4.78 is 1.87. The van der Waals surface area contributed by atoms with Crippen molar-refractivity contribution in [1.29, 1.82) is 0 Å². The molecule has 1 aromatic heterocycles. The van der Waals surface area contributed by atoms with Crippen molar-refractivity contribution in [1.82, 2.24) is 4.57 Å². The largest absolute Gasteiger partial charge is 0.394 e. The van der Waals surface area contributed by atoms with E-state index in [1.807, 2.05) is 24.5 Å². The summed E-state index contributed by atoms with van der Waals surface area (Å²) in [6.07, 6.45) is 4.97. The van der Waals surface area contributed by atoms with Gasteiger partial charge in [0.25, 0.3) is 5.56 Å². The fourth-order valence-corrected chi connectivity index (χ4v) is 2.67. The van der Waals surface area contributed by atoms with Gasteiger partial charge in [0.05, 0.1) is 5.69 Å². The monoisotopic (exact) mass is 220 g/mol. The molecule has 88 valence electrons. The first kappa shape index (κ1) is 11.2. The van der Waals surface area contributed by atoms with E-state index in [0.29, 0.717) is 11.6 Å². The summed E-state index contributed by atoms with van der Waals surface area (Å²) >= 11 is 0. The maximum atomic E-state index is 12.0. The molecule has 1 aliphatic rings. The molecule has 2 N–H and O–H groups in total. The Hall–Kier alpha value is -1.25. The van der Waals surface area contributed by atoms with Crippen LogP contribution >= 0.6 is 0 Å². The van der Waals surface area contributed by atoms with E-state index in [-0.39, 0.29) is 11.6 Å². The number of anilines is 1. The lowest BCUT2D eigenvalue weighted by molar-refractivity contribution is 0.518. The Morgan fingerprint density at radius 3 is 2.50 bits per heavy atom. The number of nitrogens with two attached hydrogens (primary N) is 1. The first-order valence-corrected chi connectivity index (χ1v) is 6.12. The Morgan fingerprint density at radius 2 is 1.94 bits per heavy atom. The lowest BCUT2D eigenvalue weighted by Gasteiger charge is -2.21. The lowest BCUT2D eigenvalue weighted by atomic mass is 10.0. The van der Waals surface area contributed by atoms with Crippen LogP contribution < -0.4 is 11.3 Å². The van der Waals surface area contributed by atoms with Crippen molar-refractivity contribution in [3.05, 3.63) is 28.2 Å². The van der Waals surface area contributed by atoms with Crippen molar-refractivity contribution in [3.63, 3.8) is 0 Å². The molecule has 3 heteroatoms. The van der Waals surface area contributed by atoms with Crippen molar-refractivity contribution < 1.29 is 0 Å². The number of rotatable bonds is 2. The summed E-state index contributed by atoms with van der Waals surface area (Å²) in [6.45, 7) is 4.08. The normalized spacial score (nSPS) is 17.2. The van der Waals surface area contributed by atoms with Crippen molar-refractivity contribution >= 4 is 5.69 Å². The predicted octanol–water partition coefficient (Wildman–Crippen LogP) is 2.67. The standard InChI is InChI=1S/C13H20N2O/c1-9(2)15-12(10-5-3-4-6-10)8-7-11(14)13(15)16/h7-10H,3-6,14H2,1-2H3. The third-order valence-electron chi connectivity index (χ3n) is 3.47. The number of hydrogen-bond donors (Lipinski definition) is 1. The molecule has 0 spiro atoms. The second-order valence-corrected chi connectivity index (χ2v) is 4.96. The Labute approximate surface area is 96.3 Å². The van der Waals surface area contributed by atoms with Crippen LogP contribution in [0, 0.1) is 0 Å². The van der Waals surface area contributed by atoms with Crippen molar-refractivity contribution in [2.24, 2.45) is 0 Å².